The Bertz CT molecular complexity index is 803. The summed E-state index contributed by atoms with van der Waals surface area (Å²) in [5, 5.41) is 0. The number of hydrogen-bond donors (Lipinski definition) is 0. The Hall–Kier alpha value is -2.95. The lowest BCUT2D eigenvalue weighted by Crippen LogP contribution is -2.39. The molecule has 0 bridgehead atoms. The second-order valence-corrected chi connectivity index (χ2v) is 6.50. The van der Waals surface area contributed by atoms with Gasteiger partial charge >= 0.3 is 6.09 Å². The summed E-state index contributed by atoms with van der Waals surface area (Å²) in [5.74, 6) is -1.08. The largest absolute Gasteiger partial charge is 0.439 e. The zero-order valence-electron chi connectivity index (χ0n) is 14.8. The van der Waals surface area contributed by atoms with Gasteiger partial charge in [-0.1, -0.05) is 60.7 Å². The summed E-state index contributed by atoms with van der Waals surface area (Å²) in [7, 11) is 0. The molecule has 134 valence electrons. The molecule has 0 saturated carbocycles. The first kappa shape index (κ1) is 17.9. The van der Waals surface area contributed by atoms with E-state index in [-0.39, 0.29) is 12.2 Å². The molecule has 1 saturated heterocycles. The number of Topliss-reactive ketones (excluding diaryl/α,β-unsaturated/α-hetero) is 1. The lowest BCUT2D eigenvalue weighted by Gasteiger charge is -2.21. The monoisotopic (exact) mass is 351 g/mol. The lowest BCUT2D eigenvalue weighted by atomic mass is 9.91. The van der Waals surface area contributed by atoms with E-state index in [1.54, 1.807) is 6.92 Å². The highest BCUT2D eigenvalue weighted by Crippen LogP contribution is 2.34. The third-order valence-electron chi connectivity index (χ3n) is 4.74. The van der Waals surface area contributed by atoms with Crippen molar-refractivity contribution in [2.45, 2.75) is 38.3 Å². The fourth-order valence-corrected chi connectivity index (χ4v) is 3.34. The van der Waals surface area contributed by atoms with Crippen LogP contribution < -0.4 is 0 Å². The second kappa shape index (κ2) is 7.52. The van der Waals surface area contributed by atoms with E-state index < -0.39 is 30.1 Å². The summed E-state index contributed by atoms with van der Waals surface area (Å²) in [5.41, 5.74) is 1.61. The number of amides is 2. The minimum Gasteiger partial charge on any atom is -0.439 e. The fourth-order valence-electron chi connectivity index (χ4n) is 3.34. The molecule has 0 aliphatic carbocycles. The Balaban J connectivity index is 1.78. The first-order chi connectivity index (χ1) is 12.5. The van der Waals surface area contributed by atoms with Crippen LogP contribution in [0.3, 0.4) is 0 Å². The van der Waals surface area contributed by atoms with Gasteiger partial charge < -0.3 is 4.74 Å². The molecule has 0 unspecified atom stereocenters. The molecule has 3 atom stereocenters. The van der Waals surface area contributed by atoms with Gasteiger partial charge in [0.25, 0.3) is 0 Å². The topological polar surface area (TPSA) is 63.7 Å². The van der Waals surface area contributed by atoms with E-state index in [1.165, 1.54) is 6.92 Å². The molecule has 5 heteroatoms. The first-order valence-electron chi connectivity index (χ1n) is 8.62. The van der Waals surface area contributed by atoms with Crippen LogP contribution in [0.25, 0.3) is 0 Å². The van der Waals surface area contributed by atoms with Crippen LogP contribution in [0.1, 0.15) is 43.4 Å². The third-order valence-corrected chi connectivity index (χ3v) is 4.74. The molecule has 2 aromatic carbocycles. The number of benzene rings is 2. The van der Waals surface area contributed by atoms with Gasteiger partial charge in [0.1, 0.15) is 11.9 Å². The van der Waals surface area contributed by atoms with Crippen LogP contribution in [-0.2, 0) is 14.3 Å². The van der Waals surface area contributed by atoms with Gasteiger partial charge in [0.2, 0.25) is 5.91 Å². The van der Waals surface area contributed by atoms with Gasteiger partial charge in [-0.2, -0.15) is 0 Å². The number of hydrogen-bond acceptors (Lipinski definition) is 4. The quantitative estimate of drug-likeness (QED) is 0.820. The van der Waals surface area contributed by atoms with Gasteiger partial charge in [0.05, 0.1) is 12.0 Å². The Labute approximate surface area is 152 Å². The minimum atomic E-state index is -0.660. The van der Waals surface area contributed by atoms with Crippen LogP contribution in [0.4, 0.5) is 4.79 Å². The molecule has 0 radical (unpaired) electrons. The average Bonchev–Trinajstić information content (AvgIpc) is 2.95. The molecule has 1 aliphatic rings. The summed E-state index contributed by atoms with van der Waals surface area (Å²) >= 11 is 0. The average molecular weight is 351 g/mol. The Morgan fingerprint density at radius 1 is 1.04 bits per heavy atom. The second-order valence-electron chi connectivity index (χ2n) is 6.50. The molecule has 26 heavy (non-hydrogen) atoms. The molecule has 1 aliphatic heterocycles. The molecule has 1 heterocycles. The van der Waals surface area contributed by atoms with E-state index in [9.17, 15) is 14.4 Å². The maximum Gasteiger partial charge on any atom is 0.417 e. The van der Waals surface area contributed by atoms with Gasteiger partial charge in [-0.25, -0.2) is 9.69 Å². The molecule has 0 N–H and O–H groups in total. The first-order valence-corrected chi connectivity index (χ1v) is 8.62. The molecule has 3 rings (SSSR count). The summed E-state index contributed by atoms with van der Waals surface area (Å²) in [6, 6.07) is 18.1. The van der Waals surface area contributed by atoms with Crippen LogP contribution in [0.15, 0.2) is 60.7 Å². The van der Waals surface area contributed by atoms with Crippen LogP contribution >= 0.6 is 0 Å². The molecular formula is C21H21NO4. The highest BCUT2D eigenvalue weighted by molar-refractivity contribution is 5.97. The van der Waals surface area contributed by atoms with Gasteiger partial charge in [-0.15, -0.1) is 0 Å². The highest BCUT2D eigenvalue weighted by Gasteiger charge is 2.43. The summed E-state index contributed by atoms with van der Waals surface area (Å²) < 4.78 is 5.42. The summed E-state index contributed by atoms with van der Waals surface area (Å²) in [6.07, 6.45) is -1.22. The molecular weight excluding hydrogens is 330 g/mol. The molecule has 5 nitrogen and oxygen atoms in total. The SMILES string of the molecule is CC(=O)[C@H](CC(=O)N1C(=O)O[C@H](c2ccccc2)[C@@H]1C)c1ccccc1. The summed E-state index contributed by atoms with van der Waals surface area (Å²) in [4.78, 5) is 38.3. The van der Waals surface area contributed by atoms with E-state index >= 15 is 0 Å². The van der Waals surface area contributed by atoms with E-state index in [4.69, 9.17) is 4.74 Å². The lowest BCUT2D eigenvalue weighted by molar-refractivity contribution is -0.132. The van der Waals surface area contributed by atoms with Crippen LogP contribution in [0.5, 0.6) is 0 Å². The van der Waals surface area contributed by atoms with E-state index in [0.29, 0.717) is 0 Å². The zero-order chi connectivity index (χ0) is 18.7. The van der Waals surface area contributed by atoms with Crippen molar-refractivity contribution < 1.29 is 19.1 Å². The van der Waals surface area contributed by atoms with Gasteiger partial charge in [-0.05, 0) is 25.0 Å². The van der Waals surface area contributed by atoms with Gasteiger partial charge in [0.15, 0.2) is 0 Å². The predicted octanol–water partition coefficient (Wildman–Crippen LogP) is 3.86. The minimum absolute atomic E-state index is 0.0553. The summed E-state index contributed by atoms with van der Waals surface area (Å²) in [6.45, 7) is 3.25. The fraction of sp³-hybridized carbons (Fsp3) is 0.286. The van der Waals surface area contributed by atoms with Crippen molar-refractivity contribution in [1.82, 2.24) is 4.90 Å². The standard InChI is InChI=1S/C21H21NO4/c1-14-20(17-11-7-4-8-12-17)26-21(25)22(14)19(24)13-18(15(2)23)16-9-5-3-6-10-16/h3-12,14,18,20H,13H2,1-2H3/t14-,18-,20-/m0/s1. The van der Waals surface area contributed by atoms with Crippen molar-refractivity contribution in [3.8, 4) is 0 Å². The predicted molar refractivity (Wildman–Crippen MR) is 96.5 cm³/mol. The van der Waals surface area contributed by atoms with Gasteiger partial charge in [-0.3, -0.25) is 9.59 Å². The van der Waals surface area contributed by atoms with Crippen LogP contribution in [0, 0.1) is 0 Å². The van der Waals surface area contributed by atoms with Gasteiger partial charge in [0, 0.05) is 6.42 Å². The number of ketones is 1. The smallest absolute Gasteiger partial charge is 0.417 e. The maximum atomic E-state index is 12.8. The number of cyclic esters (lactones) is 1. The van der Waals surface area contributed by atoms with Crippen molar-refractivity contribution in [2.75, 3.05) is 0 Å². The zero-order valence-corrected chi connectivity index (χ0v) is 14.8. The van der Waals surface area contributed by atoms with Crippen molar-refractivity contribution in [1.29, 1.82) is 0 Å². The molecule has 2 amide bonds. The molecule has 0 spiro atoms. The number of imide groups is 1. The van der Waals surface area contributed by atoms with E-state index in [0.717, 1.165) is 16.0 Å². The maximum absolute atomic E-state index is 12.8. The number of rotatable bonds is 5. The van der Waals surface area contributed by atoms with E-state index in [2.05, 4.69) is 0 Å². The van der Waals surface area contributed by atoms with Crippen LogP contribution in [-0.4, -0.2) is 28.7 Å². The number of carbonyl (C=O) groups excluding carboxylic acids is 3. The third kappa shape index (κ3) is 3.52. The van der Waals surface area contributed by atoms with Crippen molar-refractivity contribution >= 4 is 17.8 Å². The Kier molecular flexibility index (Phi) is 5.16. The normalized spacial score (nSPS) is 20.5. The van der Waals surface area contributed by atoms with Crippen molar-refractivity contribution in [3.05, 3.63) is 71.8 Å². The van der Waals surface area contributed by atoms with Crippen molar-refractivity contribution in [2.24, 2.45) is 0 Å². The molecule has 1 fully saturated rings. The molecule has 2 aromatic rings. The number of carbonyl (C=O) groups is 3. The Morgan fingerprint density at radius 3 is 2.19 bits per heavy atom. The van der Waals surface area contributed by atoms with Crippen molar-refractivity contribution in [3.63, 3.8) is 0 Å². The number of nitrogens with zero attached hydrogens (tertiary/aromatic N) is 1. The number of ether oxygens (including phenoxy) is 1. The molecule has 0 aromatic heterocycles. The van der Waals surface area contributed by atoms with Crippen LogP contribution in [0.2, 0.25) is 0 Å². The Morgan fingerprint density at radius 2 is 1.62 bits per heavy atom. The van der Waals surface area contributed by atoms with E-state index in [1.807, 2.05) is 60.7 Å². The highest BCUT2D eigenvalue weighted by atomic mass is 16.6.